The molecule has 0 aliphatic heterocycles. The predicted octanol–water partition coefficient (Wildman–Crippen LogP) is 2.17. The second kappa shape index (κ2) is 7.00. The van der Waals surface area contributed by atoms with E-state index in [9.17, 15) is 9.59 Å². The van der Waals surface area contributed by atoms with Crippen LogP contribution in [0.2, 0.25) is 0 Å². The summed E-state index contributed by atoms with van der Waals surface area (Å²) in [6.45, 7) is 0.538. The molecule has 3 heterocycles. The van der Waals surface area contributed by atoms with E-state index in [1.807, 2.05) is 22.8 Å². The monoisotopic (exact) mass is 349 g/mol. The Bertz CT molecular complexity index is 962. The Balaban J connectivity index is 1.54. The maximum absolute atomic E-state index is 12.4. The van der Waals surface area contributed by atoms with Crippen LogP contribution < -0.4 is 10.9 Å². The summed E-state index contributed by atoms with van der Waals surface area (Å²) in [7, 11) is 0. The molecule has 1 aliphatic rings. The van der Waals surface area contributed by atoms with Gasteiger partial charge in [-0.05, 0) is 48.6 Å². The molecule has 132 valence electrons. The second-order valence-corrected chi connectivity index (χ2v) is 6.51. The van der Waals surface area contributed by atoms with Crippen LogP contribution in [-0.4, -0.2) is 21.5 Å². The van der Waals surface area contributed by atoms with E-state index in [2.05, 4.69) is 10.3 Å². The molecule has 0 radical (unpaired) electrons. The number of furan rings is 1. The maximum Gasteiger partial charge on any atom is 0.254 e. The van der Waals surface area contributed by atoms with Gasteiger partial charge >= 0.3 is 0 Å². The Kier molecular flexibility index (Phi) is 4.39. The van der Waals surface area contributed by atoms with E-state index in [-0.39, 0.29) is 17.5 Å². The molecular weight excluding hydrogens is 330 g/mol. The van der Waals surface area contributed by atoms with Crippen molar-refractivity contribution < 1.29 is 9.21 Å². The minimum absolute atomic E-state index is 0.00134. The van der Waals surface area contributed by atoms with Crippen LogP contribution in [0.15, 0.2) is 64.5 Å². The topological polar surface area (TPSA) is 77.1 Å². The Labute approximate surface area is 150 Å². The van der Waals surface area contributed by atoms with Crippen LogP contribution in [0.3, 0.4) is 0 Å². The molecule has 4 rings (SSSR count). The molecule has 0 bridgehead atoms. The molecule has 0 saturated carbocycles. The van der Waals surface area contributed by atoms with Crippen LogP contribution in [0.5, 0.6) is 0 Å². The van der Waals surface area contributed by atoms with Crippen molar-refractivity contribution in [2.24, 2.45) is 0 Å². The van der Waals surface area contributed by atoms with Gasteiger partial charge in [0.15, 0.2) is 0 Å². The molecule has 1 atom stereocenters. The van der Waals surface area contributed by atoms with Gasteiger partial charge in [0.1, 0.15) is 6.26 Å². The lowest BCUT2D eigenvalue weighted by Crippen LogP contribution is -2.40. The standard InChI is InChI=1S/C20H19N3O3/c24-19-4-1-15-11-17(22-20(25)16-7-10-26-13-16)2-3-18(15)23(19)12-14-5-8-21-9-6-14/h1,4-10,13,17H,2-3,11-12H2,(H,22,25). The van der Waals surface area contributed by atoms with Crippen LogP contribution in [0.1, 0.15) is 33.6 Å². The lowest BCUT2D eigenvalue weighted by molar-refractivity contribution is 0.0932. The molecule has 0 saturated heterocycles. The fourth-order valence-corrected chi connectivity index (χ4v) is 3.45. The minimum Gasteiger partial charge on any atom is -0.472 e. The fourth-order valence-electron chi connectivity index (χ4n) is 3.45. The van der Waals surface area contributed by atoms with Gasteiger partial charge in [0.05, 0.1) is 18.4 Å². The zero-order valence-electron chi connectivity index (χ0n) is 14.2. The van der Waals surface area contributed by atoms with Crippen molar-refractivity contribution >= 4 is 5.91 Å². The molecule has 1 unspecified atom stereocenters. The van der Waals surface area contributed by atoms with Gasteiger partial charge in [0.25, 0.3) is 11.5 Å². The number of amides is 1. The first-order chi connectivity index (χ1) is 12.7. The van der Waals surface area contributed by atoms with Gasteiger partial charge < -0.3 is 14.3 Å². The van der Waals surface area contributed by atoms with E-state index in [0.29, 0.717) is 12.1 Å². The SMILES string of the molecule is O=C(NC1CCc2c(ccc(=O)n2Cc2ccncc2)C1)c1ccoc1. The van der Waals surface area contributed by atoms with Gasteiger partial charge in [-0.15, -0.1) is 0 Å². The van der Waals surface area contributed by atoms with Gasteiger partial charge in [0.2, 0.25) is 0 Å². The van der Waals surface area contributed by atoms with Crippen molar-refractivity contribution in [1.82, 2.24) is 14.9 Å². The summed E-state index contributed by atoms with van der Waals surface area (Å²) in [6, 6.07) is 9.04. The van der Waals surface area contributed by atoms with Crippen LogP contribution in [0, 0.1) is 0 Å². The third-order valence-corrected chi connectivity index (χ3v) is 4.79. The fraction of sp³-hybridized carbons (Fsp3) is 0.250. The number of hydrogen-bond acceptors (Lipinski definition) is 4. The number of aromatic nitrogens is 2. The molecule has 1 amide bonds. The van der Waals surface area contributed by atoms with Crippen LogP contribution >= 0.6 is 0 Å². The third-order valence-electron chi connectivity index (χ3n) is 4.79. The highest BCUT2D eigenvalue weighted by molar-refractivity contribution is 5.93. The zero-order chi connectivity index (χ0) is 17.9. The number of hydrogen-bond donors (Lipinski definition) is 1. The Morgan fingerprint density at radius 3 is 2.85 bits per heavy atom. The number of carbonyl (C=O) groups excluding carboxylic acids is 1. The van der Waals surface area contributed by atoms with E-state index in [1.165, 1.54) is 12.5 Å². The molecule has 1 aliphatic carbocycles. The molecule has 0 fully saturated rings. The number of nitrogens with one attached hydrogen (secondary N) is 1. The largest absolute Gasteiger partial charge is 0.472 e. The highest BCUT2D eigenvalue weighted by Gasteiger charge is 2.23. The van der Waals surface area contributed by atoms with Crippen LogP contribution in [0.4, 0.5) is 0 Å². The van der Waals surface area contributed by atoms with Crippen LogP contribution in [0.25, 0.3) is 0 Å². The molecule has 6 nitrogen and oxygen atoms in total. The summed E-state index contributed by atoms with van der Waals surface area (Å²) in [5.41, 5.74) is 3.75. The smallest absolute Gasteiger partial charge is 0.254 e. The number of pyridine rings is 2. The Morgan fingerprint density at radius 2 is 2.08 bits per heavy atom. The molecule has 3 aromatic heterocycles. The van der Waals surface area contributed by atoms with E-state index in [4.69, 9.17) is 4.42 Å². The highest BCUT2D eigenvalue weighted by atomic mass is 16.3. The van der Waals surface area contributed by atoms with Crippen LogP contribution in [-0.2, 0) is 19.4 Å². The molecular formula is C20H19N3O3. The van der Waals surface area contributed by atoms with E-state index in [1.54, 1.807) is 24.5 Å². The molecule has 26 heavy (non-hydrogen) atoms. The van der Waals surface area contributed by atoms with Crippen molar-refractivity contribution in [2.45, 2.75) is 31.8 Å². The van der Waals surface area contributed by atoms with Crippen molar-refractivity contribution in [3.05, 3.63) is 88.0 Å². The second-order valence-electron chi connectivity index (χ2n) is 6.51. The highest BCUT2D eigenvalue weighted by Crippen LogP contribution is 2.21. The third kappa shape index (κ3) is 3.31. The van der Waals surface area contributed by atoms with Gasteiger partial charge in [-0.1, -0.05) is 6.07 Å². The number of carbonyl (C=O) groups is 1. The van der Waals surface area contributed by atoms with E-state index in [0.717, 1.165) is 36.1 Å². The van der Waals surface area contributed by atoms with Gasteiger partial charge in [0, 0.05) is 30.2 Å². The molecule has 0 spiro atoms. The van der Waals surface area contributed by atoms with E-state index >= 15 is 0 Å². The first-order valence-electron chi connectivity index (χ1n) is 8.64. The van der Waals surface area contributed by atoms with Gasteiger partial charge in [-0.2, -0.15) is 0 Å². The summed E-state index contributed by atoms with van der Waals surface area (Å²) in [6.07, 6.45) is 8.68. The average Bonchev–Trinajstić information content (AvgIpc) is 3.20. The lowest BCUT2D eigenvalue weighted by Gasteiger charge is -2.27. The van der Waals surface area contributed by atoms with Gasteiger partial charge in [-0.3, -0.25) is 14.6 Å². The van der Waals surface area contributed by atoms with Crippen molar-refractivity contribution in [1.29, 1.82) is 0 Å². The molecule has 0 aromatic carbocycles. The Hall–Kier alpha value is -3.15. The molecule has 6 heteroatoms. The summed E-state index contributed by atoms with van der Waals surface area (Å²) >= 11 is 0. The van der Waals surface area contributed by atoms with E-state index < -0.39 is 0 Å². The molecule has 3 aromatic rings. The summed E-state index contributed by atoms with van der Waals surface area (Å²) < 4.78 is 6.80. The number of rotatable bonds is 4. The van der Waals surface area contributed by atoms with Gasteiger partial charge in [-0.25, -0.2) is 0 Å². The number of fused-ring (bicyclic) bond motifs is 1. The zero-order valence-corrected chi connectivity index (χ0v) is 14.2. The first-order valence-corrected chi connectivity index (χ1v) is 8.64. The predicted molar refractivity (Wildman–Crippen MR) is 96.0 cm³/mol. The quantitative estimate of drug-likeness (QED) is 0.783. The average molecular weight is 349 g/mol. The maximum atomic E-state index is 12.4. The normalized spacial score (nSPS) is 16.1. The summed E-state index contributed by atoms with van der Waals surface area (Å²) in [5.74, 6) is -0.127. The minimum atomic E-state index is -0.127. The number of nitrogens with zero attached hydrogens (tertiary/aromatic N) is 2. The summed E-state index contributed by atoms with van der Waals surface area (Å²) in [4.78, 5) is 28.6. The summed E-state index contributed by atoms with van der Waals surface area (Å²) in [5, 5.41) is 3.05. The first kappa shape index (κ1) is 16.3. The van der Waals surface area contributed by atoms with Crippen molar-refractivity contribution in [2.75, 3.05) is 0 Å². The van der Waals surface area contributed by atoms with Crippen molar-refractivity contribution in [3.8, 4) is 0 Å². The lowest BCUT2D eigenvalue weighted by atomic mass is 9.91. The molecule has 1 N–H and O–H groups in total. The Morgan fingerprint density at radius 1 is 1.23 bits per heavy atom. The van der Waals surface area contributed by atoms with Crippen molar-refractivity contribution in [3.63, 3.8) is 0 Å².